The van der Waals surface area contributed by atoms with Gasteiger partial charge in [-0.2, -0.15) is 13.2 Å². The average Bonchev–Trinajstić information content (AvgIpc) is 3.10. The lowest BCUT2D eigenvalue weighted by Crippen LogP contribution is -2.07. The van der Waals surface area contributed by atoms with Crippen LogP contribution in [0.2, 0.25) is 0 Å². The molecule has 2 aromatic carbocycles. The lowest BCUT2D eigenvalue weighted by molar-refractivity contribution is -0.141. The summed E-state index contributed by atoms with van der Waals surface area (Å²) in [6, 6.07) is 13.5. The van der Waals surface area contributed by atoms with Gasteiger partial charge in [0.15, 0.2) is 0 Å². The van der Waals surface area contributed by atoms with Gasteiger partial charge in [0.25, 0.3) is 0 Å². The summed E-state index contributed by atoms with van der Waals surface area (Å²) < 4.78 is 57.0. The molecule has 0 saturated heterocycles. The summed E-state index contributed by atoms with van der Waals surface area (Å²) in [6.07, 6.45) is -3.33. The van der Waals surface area contributed by atoms with Gasteiger partial charge in [-0.1, -0.05) is 0 Å². The maximum atomic E-state index is 13.0. The maximum Gasteiger partial charge on any atom is 0.433 e. The van der Waals surface area contributed by atoms with Gasteiger partial charge < -0.3 is 9.72 Å². The Balaban J connectivity index is 1.47. The van der Waals surface area contributed by atoms with Gasteiger partial charge in [0.1, 0.15) is 28.8 Å². The number of aromatic amines is 1. The summed E-state index contributed by atoms with van der Waals surface area (Å²) in [7, 11) is 0. The summed E-state index contributed by atoms with van der Waals surface area (Å²) in [4.78, 5) is 11.4. The van der Waals surface area contributed by atoms with Crippen LogP contribution in [0.25, 0.3) is 11.0 Å². The fraction of sp³-hybridized carbons (Fsp3) is 0.100. The number of aromatic nitrogens is 3. The lowest BCUT2D eigenvalue weighted by Gasteiger charge is -2.06. The number of pyridine rings is 1. The molecule has 9 heteroatoms. The molecule has 2 aromatic heterocycles. The highest BCUT2D eigenvalue weighted by Gasteiger charge is 2.32. The molecule has 0 aliphatic heterocycles. The lowest BCUT2D eigenvalue weighted by atomic mass is 10.3. The number of hydrogen-bond acceptors (Lipinski definition) is 4. The van der Waals surface area contributed by atoms with Crippen molar-refractivity contribution in [2.75, 3.05) is 0 Å². The van der Waals surface area contributed by atoms with Gasteiger partial charge in [0.05, 0.1) is 16.8 Å². The largest absolute Gasteiger partial charge is 0.457 e. The van der Waals surface area contributed by atoms with Crippen LogP contribution in [-0.4, -0.2) is 15.0 Å². The number of benzene rings is 2. The normalized spacial score (nSPS) is 11.7. The van der Waals surface area contributed by atoms with E-state index < -0.39 is 11.9 Å². The van der Waals surface area contributed by atoms with Crippen molar-refractivity contribution < 1.29 is 22.3 Å². The minimum absolute atomic E-state index is 0.347. The zero-order valence-corrected chi connectivity index (χ0v) is 15.5. The Labute approximate surface area is 167 Å². The van der Waals surface area contributed by atoms with Gasteiger partial charge in [-0.25, -0.2) is 9.37 Å². The summed E-state index contributed by atoms with van der Waals surface area (Å²) in [5, 5.41) is 0. The van der Waals surface area contributed by atoms with Gasteiger partial charge >= 0.3 is 6.18 Å². The van der Waals surface area contributed by atoms with E-state index in [1.165, 1.54) is 42.1 Å². The monoisotopic (exact) mass is 419 g/mol. The van der Waals surface area contributed by atoms with Gasteiger partial charge in [-0.15, -0.1) is 11.8 Å². The zero-order valence-electron chi connectivity index (χ0n) is 14.7. The highest BCUT2D eigenvalue weighted by molar-refractivity contribution is 7.98. The van der Waals surface area contributed by atoms with Gasteiger partial charge in [-0.3, -0.25) is 4.98 Å². The molecule has 0 atom stereocenters. The molecule has 0 spiro atoms. The minimum atomic E-state index is -4.48. The number of hydrogen-bond donors (Lipinski definition) is 1. The second-order valence-corrected chi connectivity index (χ2v) is 7.13. The molecule has 0 bridgehead atoms. The molecule has 0 unspecified atom stereocenters. The van der Waals surface area contributed by atoms with Crippen LogP contribution < -0.4 is 4.74 Å². The van der Waals surface area contributed by atoms with Crippen molar-refractivity contribution >= 4 is 22.8 Å². The quantitative estimate of drug-likeness (QED) is 0.309. The average molecular weight is 419 g/mol. The van der Waals surface area contributed by atoms with Crippen molar-refractivity contribution in [3.63, 3.8) is 0 Å². The molecule has 0 radical (unpaired) electrons. The summed E-state index contributed by atoms with van der Waals surface area (Å²) in [5.74, 6) is 1.69. The number of alkyl halides is 3. The highest BCUT2D eigenvalue weighted by atomic mass is 32.2. The van der Waals surface area contributed by atoms with E-state index in [1.54, 1.807) is 18.2 Å². The van der Waals surface area contributed by atoms with Crippen LogP contribution in [0.1, 0.15) is 11.5 Å². The topological polar surface area (TPSA) is 50.8 Å². The van der Waals surface area contributed by atoms with Crippen molar-refractivity contribution in [2.45, 2.75) is 16.8 Å². The molecule has 0 aliphatic carbocycles. The molecule has 0 fully saturated rings. The first-order valence-corrected chi connectivity index (χ1v) is 9.43. The van der Waals surface area contributed by atoms with Crippen LogP contribution in [0.4, 0.5) is 17.6 Å². The van der Waals surface area contributed by atoms with E-state index >= 15 is 0 Å². The molecule has 0 amide bonds. The van der Waals surface area contributed by atoms with E-state index in [0.29, 0.717) is 33.5 Å². The first-order valence-electron chi connectivity index (χ1n) is 8.45. The number of fused-ring (bicyclic) bond motifs is 1. The number of ether oxygens (including phenoxy) is 1. The molecule has 2 heterocycles. The van der Waals surface area contributed by atoms with E-state index in [0.717, 1.165) is 17.8 Å². The Morgan fingerprint density at radius 2 is 1.72 bits per heavy atom. The van der Waals surface area contributed by atoms with Gasteiger partial charge in [0, 0.05) is 17.2 Å². The third-order valence-corrected chi connectivity index (χ3v) is 4.95. The first kappa shape index (κ1) is 19.3. The van der Waals surface area contributed by atoms with Crippen molar-refractivity contribution in [2.24, 2.45) is 0 Å². The second-order valence-electron chi connectivity index (χ2n) is 6.08. The predicted octanol–water partition coefficient (Wildman–Crippen LogP) is 6.20. The number of imidazole rings is 1. The van der Waals surface area contributed by atoms with Crippen LogP contribution in [0, 0.1) is 5.82 Å². The van der Waals surface area contributed by atoms with E-state index in [2.05, 4.69) is 15.0 Å². The van der Waals surface area contributed by atoms with E-state index in [4.69, 9.17) is 4.74 Å². The Bertz CT molecular complexity index is 1140. The number of H-pyrrole nitrogens is 1. The van der Waals surface area contributed by atoms with Crippen molar-refractivity contribution in [1.82, 2.24) is 15.0 Å². The molecular formula is C20H13F4N3OS. The Kier molecular flexibility index (Phi) is 5.14. The molecular weight excluding hydrogens is 406 g/mol. The summed E-state index contributed by atoms with van der Waals surface area (Å²) >= 11 is 1.23. The standard InChI is InChI=1S/C20H13F4N3OS/c21-12-1-3-13(4-2-12)28-14-5-6-16-17(9-14)27-19(26-16)11-29-15-7-8-25-18(10-15)20(22,23)24/h1-10H,11H2,(H,26,27). The van der Waals surface area contributed by atoms with Gasteiger partial charge in [-0.05, 0) is 48.5 Å². The van der Waals surface area contributed by atoms with Crippen LogP contribution in [-0.2, 0) is 11.9 Å². The summed E-state index contributed by atoms with van der Waals surface area (Å²) in [6.45, 7) is 0. The van der Waals surface area contributed by atoms with Crippen molar-refractivity contribution in [3.05, 3.63) is 78.1 Å². The Hall–Kier alpha value is -3.07. The minimum Gasteiger partial charge on any atom is -0.457 e. The zero-order chi connectivity index (χ0) is 20.4. The van der Waals surface area contributed by atoms with E-state index in [1.807, 2.05) is 0 Å². The second kappa shape index (κ2) is 7.75. The number of nitrogens with one attached hydrogen (secondary N) is 1. The Morgan fingerprint density at radius 3 is 2.48 bits per heavy atom. The molecule has 29 heavy (non-hydrogen) atoms. The van der Waals surface area contributed by atoms with Gasteiger partial charge in [0.2, 0.25) is 0 Å². The fourth-order valence-electron chi connectivity index (χ4n) is 2.62. The number of thioether (sulfide) groups is 1. The number of nitrogens with zero attached hydrogens (tertiary/aromatic N) is 2. The maximum absolute atomic E-state index is 13.0. The van der Waals surface area contributed by atoms with Crippen LogP contribution in [0.5, 0.6) is 11.5 Å². The molecule has 4 aromatic rings. The smallest absolute Gasteiger partial charge is 0.433 e. The SMILES string of the molecule is Fc1ccc(Oc2ccc3nc(CSc4ccnc(C(F)(F)F)c4)[nH]c3c2)cc1. The third-order valence-electron chi connectivity index (χ3n) is 3.95. The fourth-order valence-corrected chi connectivity index (χ4v) is 3.41. The first-order chi connectivity index (χ1) is 13.9. The number of rotatable bonds is 5. The van der Waals surface area contributed by atoms with Crippen molar-refractivity contribution in [3.8, 4) is 11.5 Å². The van der Waals surface area contributed by atoms with E-state index in [-0.39, 0.29) is 5.82 Å². The highest BCUT2D eigenvalue weighted by Crippen LogP contribution is 2.31. The molecule has 148 valence electrons. The van der Waals surface area contributed by atoms with Crippen molar-refractivity contribution in [1.29, 1.82) is 0 Å². The summed E-state index contributed by atoms with van der Waals surface area (Å²) in [5.41, 5.74) is 0.512. The molecule has 0 aliphatic rings. The molecule has 4 nitrogen and oxygen atoms in total. The molecule has 4 rings (SSSR count). The number of halogens is 4. The Morgan fingerprint density at radius 1 is 0.966 bits per heavy atom. The van der Waals surface area contributed by atoms with Crippen LogP contribution >= 0.6 is 11.8 Å². The third kappa shape index (κ3) is 4.68. The molecule has 0 saturated carbocycles. The predicted molar refractivity (Wildman–Crippen MR) is 101 cm³/mol. The van der Waals surface area contributed by atoms with Crippen LogP contribution in [0.3, 0.4) is 0 Å². The van der Waals surface area contributed by atoms with Crippen LogP contribution in [0.15, 0.2) is 65.7 Å². The van der Waals surface area contributed by atoms with E-state index in [9.17, 15) is 17.6 Å². The molecule has 1 N–H and O–H groups in total.